The topological polar surface area (TPSA) is 69.6 Å². The molecule has 0 atom stereocenters. The number of aryl methyl sites for hydroxylation is 1. The Morgan fingerprint density at radius 2 is 2.00 bits per heavy atom. The minimum atomic E-state index is -0.151. The van der Waals surface area contributed by atoms with Crippen LogP contribution < -0.4 is 5.32 Å². The zero-order valence-electron chi connectivity index (χ0n) is 15.3. The zero-order chi connectivity index (χ0) is 20.1. The molecule has 0 spiro atoms. The molecule has 2 N–H and O–H groups in total. The van der Waals surface area contributed by atoms with Gasteiger partial charge in [-0.3, -0.25) is 14.5 Å². The van der Waals surface area contributed by atoms with Crippen molar-refractivity contribution in [3.63, 3.8) is 0 Å². The molecule has 1 heterocycles. The van der Waals surface area contributed by atoms with Crippen molar-refractivity contribution in [2.24, 2.45) is 0 Å². The summed E-state index contributed by atoms with van der Waals surface area (Å²) in [6.45, 7) is 2.37. The molecule has 1 fully saturated rings. The fourth-order valence-corrected chi connectivity index (χ4v) is 4.07. The Morgan fingerprint density at radius 1 is 1.25 bits per heavy atom. The van der Waals surface area contributed by atoms with Crippen molar-refractivity contribution < 1.29 is 14.7 Å². The fraction of sp³-hybridized carbons (Fsp3) is 0.190. The predicted molar refractivity (Wildman–Crippen MR) is 117 cm³/mol. The van der Waals surface area contributed by atoms with Gasteiger partial charge in [0.15, 0.2) is 0 Å². The van der Waals surface area contributed by atoms with Crippen LogP contribution in [0.25, 0.3) is 6.08 Å². The summed E-state index contributed by atoms with van der Waals surface area (Å²) in [4.78, 5) is 26.8. The van der Waals surface area contributed by atoms with Gasteiger partial charge in [0, 0.05) is 18.7 Å². The first-order valence-corrected chi connectivity index (χ1v) is 10.1. The molecule has 28 heavy (non-hydrogen) atoms. The normalized spacial score (nSPS) is 15.3. The predicted octanol–water partition coefficient (Wildman–Crippen LogP) is 4.32. The van der Waals surface area contributed by atoms with Crippen LogP contribution in [-0.2, 0) is 9.59 Å². The van der Waals surface area contributed by atoms with Gasteiger partial charge in [-0.25, -0.2) is 0 Å². The molecule has 0 aromatic heterocycles. The van der Waals surface area contributed by atoms with Gasteiger partial charge in [-0.15, -0.1) is 0 Å². The van der Waals surface area contributed by atoms with E-state index in [9.17, 15) is 14.7 Å². The van der Waals surface area contributed by atoms with E-state index in [-0.39, 0.29) is 17.6 Å². The van der Waals surface area contributed by atoms with E-state index in [0.29, 0.717) is 28.6 Å². The summed E-state index contributed by atoms with van der Waals surface area (Å²) in [5, 5.41) is 12.2. The van der Waals surface area contributed by atoms with Crippen molar-refractivity contribution in [2.45, 2.75) is 19.8 Å². The third kappa shape index (κ3) is 5.21. The lowest BCUT2D eigenvalue weighted by molar-refractivity contribution is -0.122. The first-order chi connectivity index (χ1) is 13.4. The number of thiocarbonyl (C=S) groups is 1. The Kier molecular flexibility index (Phi) is 6.49. The number of carbonyl (C=O) groups excluding carboxylic acids is 2. The van der Waals surface area contributed by atoms with E-state index in [1.807, 2.05) is 31.2 Å². The van der Waals surface area contributed by atoms with E-state index in [2.05, 4.69) is 5.32 Å². The van der Waals surface area contributed by atoms with Crippen molar-refractivity contribution in [1.82, 2.24) is 4.90 Å². The van der Waals surface area contributed by atoms with E-state index in [1.54, 1.807) is 30.3 Å². The Morgan fingerprint density at radius 3 is 2.71 bits per heavy atom. The number of phenols is 1. The number of phenolic OH excluding ortho intramolecular Hbond substituents is 1. The Hall–Kier alpha value is -2.64. The monoisotopic (exact) mass is 412 g/mol. The van der Waals surface area contributed by atoms with Crippen LogP contribution in [0.2, 0.25) is 0 Å². The second-order valence-electron chi connectivity index (χ2n) is 6.45. The highest BCUT2D eigenvalue weighted by Crippen LogP contribution is 2.32. The van der Waals surface area contributed by atoms with Gasteiger partial charge in [-0.1, -0.05) is 48.2 Å². The number of anilines is 1. The molecule has 0 bridgehead atoms. The molecule has 1 saturated heterocycles. The van der Waals surface area contributed by atoms with Gasteiger partial charge >= 0.3 is 0 Å². The minimum absolute atomic E-state index is 0.0873. The summed E-state index contributed by atoms with van der Waals surface area (Å²) in [5.74, 6) is -0.0634. The van der Waals surface area contributed by atoms with Gasteiger partial charge in [0.25, 0.3) is 5.91 Å². The molecule has 0 radical (unpaired) electrons. The number of amides is 2. The Bertz CT molecular complexity index is 939. The van der Waals surface area contributed by atoms with Crippen molar-refractivity contribution in [2.75, 3.05) is 11.9 Å². The van der Waals surface area contributed by atoms with Crippen LogP contribution in [0.4, 0.5) is 5.69 Å². The van der Waals surface area contributed by atoms with E-state index in [1.165, 1.54) is 16.7 Å². The van der Waals surface area contributed by atoms with Crippen LogP contribution in [0, 0.1) is 6.92 Å². The fourth-order valence-electron chi connectivity index (χ4n) is 2.76. The highest BCUT2D eigenvalue weighted by molar-refractivity contribution is 8.26. The quantitative estimate of drug-likeness (QED) is 0.546. The molecule has 2 amide bonds. The molecule has 1 aliphatic heterocycles. The van der Waals surface area contributed by atoms with E-state index in [4.69, 9.17) is 12.2 Å². The SMILES string of the molecule is Cc1cccc(NC(=O)CCCN2C(=O)/C(=C/c3ccc(O)cc3)SC2=S)c1. The van der Waals surface area contributed by atoms with Gasteiger partial charge < -0.3 is 10.4 Å². The molecule has 0 saturated carbocycles. The average molecular weight is 413 g/mol. The van der Waals surface area contributed by atoms with E-state index in [0.717, 1.165) is 16.8 Å². The van der Waals surface area contributed by atoms with Crippen LogP contribution in [0.15, 0.2) is 53.4 Å². The lowest BCUT2D eigenvalue weighted by Gasteiger charge is -2.14. The molecule has 0 aliphatic carbocycles. The Labute approximate surface area is 173 Å². The maximum Gasteiger partial charge on any atom is 0.266 e. The van der Waals surface area contributed by atoms with Gasteiger partial charge in [0.05, 0.1) is 4.91 Å². The van der Waals surface area contributed by atoms with Gasteiger partial charge in [0.1, 0.15) is 10.1 Å². The number of nitrogens with one attached hydrogen (secondary N) is 1. The standard InChI is InChI=1S/C21H20N2O3S2/c1-14-4-2-5-16(12-14)22-19(25)6-3-11-23-20(26)18(28-21(23)27)13-15-7-9-17(24)10-8-15/h2,4-5,7-10,12-13,24H,3,6,11H2,1H3,(H,22,25)/b18-13-. The molecule has 2 aromatic rings. The Balaban J connectivity index is 1.53. The summed E-state index contributed by atoms with van der Waals surface area (Å²) >= 11 is 6.57. The van der Waals surface area contributed by atoms with Gasteiger partial charge in [0.2, 0.25) is 5.91 Å². The highest BCUT2D eigenvalue weighted by atomic mass is 32.2. The van der Waals surface area contributed by atoms with Crippen molar-refractivity contribution >= 4 is 51.9 Å². The summed E-state index contributed by atoms with van der Waals surface area (Å²) in [7, 11) is 0. The van der Waals surface area contributed by atoms with Crippen molar-refractivity contribution in [3.05, 3.63) is 64.6 Å². The first-order valence-electron chi connectivity index (χ1n) is 8.83. The summed E-state index contributed by atoms with van der Waals surface area (Å²) in [6.07, 6.45) is 2.59. The smallest absolute Gasteiger partial charge is 0.266 e. The first kappa shape index (κ1) is 20.1. The van der Waals surface area contributed by atoms with Crippen LogP contribution in [0.5, 0.6) is 5.75 Å². The molecule has 5 nitrogen and oxygen atoms in total. The summed E-state index contributed by atoms with van der Waals surface area (Å²) in [5.41, 5.74) is 2.67. The van der Waals surface area contributed by atoms with Crippen molar-refractivity contribution in [1.29, 1.82) is 0 Å². The largest absolute Gasteiger partial charge is 0.508 e. The summed E-state index contributed by atoms with van der Waals surface area (Å²) in [6, 6.07) is 14.2. The molecule has 144 valence electrons. The van der Waals surface area contributed by atoms with Crippen LogP contribution in [-0.4, -0.2) is 32.7 Å². The highest BCUT2D eigenvalue weighted by Gasteiger charge is 2.31. The third-order valence-corrected chi connectivity index (χ3v) is 5.53. The molecular weight excluding hydrogens is 392 g/mol. The zero-order valence-corrected chi connectivity index (χ0v) is 17.0. The molecule has 7 heteroatoms. The number of nitrogens with zero attached hydrogens (tertiary/aromatic N) is 1. The average Bonchev–Trinajstić information content (AvgIpc) is 2.91. The van der Waals surface area contributed by atoms with Crippen LogP contribution in [0.1, 0.15) is 24.0 Å². The number of aromatic hydroxyl groups is 1. The summed E-state index contributed by atoms with van der Waals surface area (Å²) < 4.78 is 0.495. The van der Waals surface area contributed by atoms with E-state index < -0.39 is 0 Å². The number of rotatable bonds is 6. The number of benzene rings is 2. The maximum atomic E-state index is 12.6. The molecule has 3 rings (SSSR count). The van der Waals surface area contributed by atoms with Gasteiger partial charge in [-0.05, 0) is 54.8 Å². The second kappa shape index (κ2) is 9.03. The number of thioether (sulfide) groups is 1. The molecule has 1 aliphatic rings. The minimum Gasteiger partial charge on any atom is -0.508 e. The lowest BCUT2D eigenvalue weighted by atomic mass is 10.2. The van der Waals surface area contributed by atoms with Gasteiger partial charge in [-0.2, -0.15) is 0 Å². The molecule has 2 aromatic carbocycles. The van der Waals surface area contributed by atoms with E-state index >= 15 is 0 Å². The number of hydrogen-bond acceptors (Lipinski definition) is 5. The van der Waals surface area contributed by atoms with Crippen LogP contribution in [0.3, 0.4) is 0 Å². The number of carbonyl (C=O) groups is 2. The van der Waals surface area contributed by atoms with Crippen molar-refractivity contribution in [3.8, 4) is 5.75 Å². The molecular formula is C21H20N2O3S2. The number of hydrogen-bond donors (Lipinski definition) is 2. The third-order valence-electron chi connectivity index (χ3n) is 4.15. The van der Waals surface area contributed by atoms with Crippen LogP contribution >= 0.6 is 24.0 Å². The maximum absolute atomic E-state index is 12.6. The molecule has 0 unspecified atom stereocenters. The lowest BCUT2D eigenvalue weighted by Crippen LogP contribution is -2.29. The second-order valence-corrected chi connectivity index (χ2v) is 8.12.